The van der Waals surface area contributed by atoms with Crippen LogP contribution < -0.4 is 9.47 Å². The average Bonchev–Trinajstić information content (AvgIpc) is 2.97. The van der Waals surface area contributed by atoms with Crippen molar-refractivity contribution < 1.29 is 38.0 Å². The molecule has 0 spiro atoms. The molecule has 1 fully saturated rings. The summed E-state index contributed by atoms with van der Waals surface area (Å²) in [7, 11) is 1.46. The van der Waals surface area contributed by atoms with Gasteiger partial charge in [0.2, 0.25) is 0 Å². The Morgan fingerprint density at radius 3 is 2.46 bits per heavy atom. The number of carbonyl (C=O) groups excluding carboxylic acids is 1. The summed E-state index contributed by atoms with van der Waals surface area (Å²) in [6, 6.07) is 9.12. The van der Waals surface area contributed by atoms with Crippen molar-refractivity contribution in [1.82, 2.24) is 0 Å². The molecule has 0 unspecified atom stereocenters. The molecule has 0 bridgehead atoms. The quantitative estimate of drug-likeness (QED) is 0.701. The van der Waals surface area contributed by atoms with Crippen LogP contribution in [0.1, 0.15) is 11.1 Å². The van der Waals surface area contributed by atoms with Crippen LogP contribution in [0.15, 0.2) is 36.4 Å². The zero-order chi connectivity index (χ0) is 20.3. The van der Waals surface area contributed by atoms with Crippen molar-refractivity contribution in [3.63, 3.8) is 0 Å². The van der Waals surface area contributed by atoms with Crippen LogP contribution in [-0.4, -0.2) is 36.5 Å². The van der Waals surface area contributed by atoms with Crippen LogP contribution in [0.25, 0.3) is 0 Å². The van der Waals surface area contributed by atoms with Crippen LogP contribution in [0.3, 0.4) is 0 Å². The minimum Gasteiger partial charge on any atom is -0.504 e. The Hall–Kier alpha value is -3.03. The number of alkyl halides is 2. The van der Waals surface area contributed by atoms with E-state index in [0.29, 0.717) is 17.7 Å². The number of phenolic OH excluding ortho intramolecular Hbond substituents is 2. The van der Waals surface area contributed by atoms with E-state index in [9.17, 15) is 23.8 Å². The molecule has 0 radical (unpaired) electrons. The molecule has 1 heterocycles. The van der Waals surface area contributed by atoms with Crippen LogP contribution in [0.4, 0.5) is 8.78 Å². The van der Waals surface area contributed by atoms with Gasteiger partial charge in [-0.1, -0.05) is 12.1 Å². The van der Waals surface area contributed by atoms with E-state index in [1.807, 2.05) is 0 Å². The number of ether oxygens (including phenoxy) is 3. The highest BCUT2D eigenvalue weighted by Crippen LogP contribution is 2.34. The van der Waals surface area contributed by atoms with E-state index in [1.165, 1.54) is 19.2 Å². The second kappa shape index (κ2) is 8.33. The molecule has 6 nitrogen and oxygen atoms in total. The van der Waals surface area contributed by atoms with Gasteiger partial charge in [-0.25, -0.2) is 0 Å². The molecule has 150 valence electrons. The normalized spacial score (nSPS) is 18.9. The number of carbonyl (C=O) groups is 1. The van der Waals surface area contributed by atoms with Crippen LogP contribution >= 0.6 is 0 Å². The van der Waals surface area contributed by atoms with Gasteiger partial charge in [0.05, 0.1) is 19.6 Å². The molecule has 0 amide bonds. The molecule has 2 atom stereocenters. The molecule has 8 heteroatoms. The molecule has 28 heavy (non-hydrogen) atoms. The topological polar surface area (TPSA) is 85.2 Å². The number of hydrogen-bond donors (Lipinski definition) is 2. The first-order valence-corrected chi connectivity index (χ1v) is 8.66. The third-order valence-electron chi connectivity index (χ3n) is 4.75. The maximum atomic E-state index is 12.5. The lowest BCUT2D eigenvalue weighted by Gasteiger charge is -2.17. The van der Waals surface area contributed by atoms with E-state index < -0.39 is 18.3 Å². The number of phenols is 2. The molecular weight excluding hydrogens is 374 g/mol. The minimum atomic E-state index is -3.06. The molecule has 1 aliphatic heterocycles. The molecule has 3 rings (SSSR count). The Balaban J connectivity index is 1.75. The number of halogens is 2. The molecule has 0 aromatic heterocycles. The molecule has 0 saturated carbocycles. The lowest BCUT2D eigenvalue weighted by molar-refractivity contribution is -0.141. The maximum absolute atomic E-state index is 12.5. The first kappa shape index (κ1) is 19.7. The molecule has 0 aliphatic carbocycles. The highest BCUT2D eigenvalue weighted by Gasteiger charge is 2.37. The summed E-state index contributed by atoms with van der Waals surface area (Å²) in [5.74, 6) is -1.36. The summed E-state index contributed by atoms with van der Waals surface area (Å²) < 4.78 is 39.4. The number of methoxy groups -OCH3 is 1. The second-order valence-corrected chi connectivity index (χ2v) is 6.59. The number of esters is 1. The number of cyclic esters (lactones) is 1. The van der Waals surface area contributed by atoms with Crippen LogP contribution in [0, 0.1) is 11.8 Å². The van der Waals surface area contributed by atoms with Gasteiger partial charge in [-0.3, -0.25) is 4.79 Å². The maximum Gasteiger partial charge on any atom is 0.387 e. The highest BCUT2D eigenvalue weighted by atomic mass is 19.3. The SMILES string of the molecule is COc1ccc(C[C@H]2COC(=O)[C@@H]2Cc2ccc(O)c(OC(F)F)c2)cc1O. The summed E-state index contributed by atoms with van der Waals surface area (Å²) in [5, 5.41) is 19.6. The lowest BCUT2D eigenvalue weighted by Crippen LogP contribution is -2.20. The summed E-state index contributed by atoms with van der Waals surface area (Å²) >= 11 is 0. The fourth-order valence-electron chi connectivity index (χ4n) is 3.35. The number of rotatable bonds is 7. The smallest absolute Gasteiger partial charge is 0.387 e. The average molecular weight is 394 g/mol. The summed E-state index contributed by atoms with van der Waals surface area (Å²) in [6.45, 7) is -2.83. The zero-order valence-electron chi connectivity index (χ0n) is 15.1. The van der Waals surface area contributed by atoms with E-state index in [1.54, 1.807) is 24.3 Å². The second-order valence-electron chi connectivity index (χ2n) is 6.59. The fourth-order valence-corrected chi connectivity index (χ4v) is 3.35. The monoisotopic (exact) mass is 394 g/mol. The van der Waals surface area contributed by atoms with E-state index in [0.717, 1.165) is 5.56 Å². The van der Waals surface area contributed by atoms with Crippen molar-refractivity contribution in [3.05, 3.63) is 47.5 Å². The lowest BCUT2D eigenvalue weighted by atomic mass is 9.85. The van der Waals surface area contributed by atoms with Crippen molar-refractivity contribution in [2.45, 2.75) is 19.5 Å². The van der Waals surface area contributed by atoms with Gasteiger partial charge in [0, 0.05) is 5.92 Å². The van der Waals surface area contributed by atoms with Crippen molar-refractivity contribution in [2.24, 2.45) is 11.8 Å². The molecule has 2 N–H and O–H groups in total. The Morgan fingerprint density at radius 1 is 1.07 bits per heavy atom. The van der Waals surface area contributed by atoms with Gasteiger partial charge >= 0.3 is 12.6 Å². The van der Waals surface area contributed by atoms with Crippen molar-refractivity contribution >= 4 is 5.97 Å². The first-order valence-electron chi connectivity index (χ1n) is 8.66. The highest BCUT2D eigenvalue weighted by molar-refractivity contribution is 5.75. The van der Waals surface area contributed by atoms with Crippen molar-refractivity contribution in [1.29, 1.82) is 0 Å². The van der Waals surface area contributed by atoms with Crippen LogP contribution in [0.5, 0.6) is 23.0 Å². The van der Waals surface area contributed by atoms with E-state index in [-0.39, 0.29) is 36.4 Å². The summed E-state index contributed by atoms with van der Waals surface area (Å²) in [6.07, 6.45) is 0.748. The molecule has 2 aromatic carbocycles. The molecule has 2 aromatic rings. The van der Waals surface area contributed by atoms with Gasteiger partial charge < -0.3 is 24.4 Å². The van der Waals surface area contributed by atoms with Gasteiger partial charge in [-0.05, 0) is 48.2 Å². The van der Waals surface area contributed by atoms with Gasteiger partial charge in [0.1, 0.15) is 0 Å². The predicted molar refractivity (Wildman–Crippen MR) is 94.7 cm³/mol. The van der Waals surface area contributed by atoms with Crippen LogP contribution in [0.2, 0.25) is 0 Å². The Labute approximate surface area is 160 Å². The van der Waals surface area contributed by atoms with Gasteiger partial charge in [-0.15, -0.1) is 0 Å². The Kier molecular flexibility index (Phi) is 5.87. The van der Waals surface area contributed by atoms with E-state index in [4.69, 9.17) is 9.47 Å². The Bertz CT molecular complexity index is 855. The van der Waals surface area contributed by atoms with E-state index in [2.05, 4.69) is 4.74 Å². The summed E-state index contributed by atoms with van der Waals surface area (Å²) in [4.78, 5) is 12.2. The third-order valence-corrected chi connectivity index (χ3v) is 4.75. The molecule has 1 aliphatic rings. The Morgan fingerprint density at radius 2 is 1.79 bits per heavy atom. The molecule has 1 saturated heterocycles. The van der Waals surface area contributed by atoms with Gasteiger partial charge in [-0.2, -0.15) is 8.78 Å². The number of aromatic hydroxyl groups is 2. The summed E-state index contributed by atoms with van der Waals surface area (Å²) in [5.41, 5.74) is 1.39. The molecular formula is C20H20F2O6. The largest absolute Gasteiger partial charge is 0.504 e. The standard InChI is InChI=1S/C20H20F2O6/c1-26-17-5-3-11(8-16(17)24)6-13-10-27-19(25)14(13)7-12-2-4-15(23)18(9-12)28-20(21)22/h2-5,8-9,13-14,20,23-24H,6-7,10H2,1H3/t13-,14+/m0/s1. The minimum absolute atomic E-state index is 0.00844. The van der Waals surface area contributed by atoms with Crippen molar-refractivity contribution in [3.8, 4) is 23.0 Å². The number of hydrogen-bond acceptors (Lipinski definition) is 6. The van der Waals surface area contributed by atoms with Gasteiger partial charge in [0.25, 0.3) is 0 Å². The zero-order valence-corrected chi connectivity index (χ0v) is 15.1. The fraction of sp³-hybridized carbons (Fsp3) is 0.350. The number of benzene rings is 2. The first-order chi connectivity index (χ1) is 13.4. The van der Waals surface area contributed by atoms with Gasteiger partial charge in [0.15, 0.2) is 23.0 Å². The third kappa shape index (κ3) is 4.44. The van der Waals surface area contributed by atoms with Crippen molar-refractivity contribution in [2.75, 3.05) is 13.7 Å². The van der Waals surface area contributed by atoms with E-state index >= 15 is 0 Å². The van der Waals surface area contributed by atoms with Crippen LogP contribution in [-0.2, 0) is 22.4 Å². The predicted octanol–water partition coefficient (Wildman–Crippen LogP) is 3.28.